The number of rotatable bonds is 1. The van der Waals surface area contributed by atoms with Crippen LogP contribution >= 0.6 is 22.9 Å². The van der Waals surface area contributed by atoms with Gasteiger partial charge in [-0.1, -0.05) is 12.2 Å². The molecule has 0 saturated carbocycles. The van der Waals surface area contributed by atoms with Crippen LogP contribution in [0.5, 0.6) is 0 Å². The van der Waals surface area contributed by atoms with Gasteiger partial charge in [0.25, 0.3) is 0 Å². The molecule has 0 radical (unpaired) electrons. The SMILES string of the molecule is CC1C=CC=CN1NI. The third-order valence-electron chi connectivity index (χ3n) is 1.28. The minimum atomic E-state index is 0.465. The molecule has 1 atom stereocenters. The lowest BCUT2D eigenvalue weighted by atomic mass is 10.2. The van der Waals surface area contributed by atoms with Gasteiger partial charge >= 0.3 is 0 Å². The molecule has 1 aliphatic heterocycles. The van der Waals surface area contributed by atoms with Crippen molar-refractivity contribution in [2.45, 2.75) is 13.0 Å². The minimum absolute atomic E-state index is 0.465. The molecular formula is C6H9IN2. The van der Waals surface area contributed by atoms with Gasteiger partial charge in [0.2, 0.25) is 0 Å². The molecule has 1 heterocycles. The summed E-state index contributed by atoms with van der Waals surface area (Å²) in [6.07, 6.45) is 8.20. The molecule has 9 heavy (non-hydrogen) atoms. The second kappa shape index (κ2) is 3.22. The zero-order valence-corrected chi connectivity index (χ0v) is 7.37. The van der Waals surface area contributed by atoms with Crippen LogP contribution < -0.4 is 3.64 Å². The molecule has 0 saturated heterocycles. The molecule has 0 amide bonds. The van der Waals surface area contributed by atoms with E-state index in [0.717, 1.165) is 0 Å². The standard InChI is InChI=1S/C6H9IN2/c1-6-4-2-3-5-9(6)8-7/h2-6,8H,1H3. The number of halogens is 1. The van der Waals surface area contributed by atoms with Crippen LogP contribution in [0.3, 0.4) is 0 Å². The Hall–Kier alpha value is -0.0300. The van der Waals surface area contributed by atoms with Crippen molar-refractivity contribution in [2.75, 3.05) is 0 Å². The Labute approximate surface area is 69.1 Å². The Morgan fingerprint density at radius 1 is 1.56 bits per heavy atom. The first-order valence-electron chi connectivity index (χ1n) is 2.84. The second-order valence-corrected chi connectivity index (χ2v) is 2.44. The van der Waals surface area contributed by atoms with E-state index >= 15 is 0 Å². The minimum Gasteiger partial charge on any atom is -0.300 e. The summed E-state index contributed by atoms with van der Waals surface area (Å²) < 4.78 is 3.02. The highest BCUT2D eigenvalue weighted by Crippen LogP contribution is 2.04. The van der Waals surface area contributed by atoms with E-state index in [9.17, 15) is 0 Å². The Kier molecular flexibility index (Phi) is 2.53. The highest BCUT2D eigenvalue weighted by Gasteiger charge is 2.05. The Bertz CT molecular complexity index is 142. The Balaban J connectivity index is 2.55. The maximum absolute atomic E-state index is 3.02. The molecule has 3 heteroatoms. The lowest BCUT2D eigenvalue weighted by Crippen LogP contribution is -2.33. The fourth-order valence-corrected chi connectivity index (χ4v) is 1.30. The van der Waals surface area contributed by atoms with Crippen LogP contribution in [0.2, 0.25) is 0 Å². The predicted molar refractivity (Wildman–Crippen MR) is 46.7 cm³/mol. The van der Waals surface area contributed by atoms with Gasteiger partial charge in [-0.05, 0) is 13.0 Å². The molecule has 2 nitrogen and oxygen atoms in total. The highest BCUT2D eigenvalue weighted by molar-refractivity contribution is 14.1. The Morgan fingerprint density at radius 3 is 2.78 bits per heavy atom. The summed E-state index contributed by atoms with van der Waals surface area (Å²) in [6, 6.07) is 0.465. The van der Waals surface area contributed by atoms with Crippen LogP contribution in [0.15, 0.2) is 24.4 Å². The van der Waals surface area contributed by atoms with Gasteiger partial charge in [-0.2, -0.15) is 3.64 Å². The first-order chi connectivity index (χ1) is 4.34. The van der Waals surface area contributed by atoms with Gasteiger partial charge in [-0.3, -0.25) is 0 Å². The quantitative estimate of drug-likeness (QED) is 0.549. The molecule has 0 aromatic heterocycles. The lowest BCUT2D eigenvalue weighted by molar-refractivity contribution is 0.322. The molecule has 0 bridgehead atoms. The average Bonchev–Trinajstić information content (AvgIpc) is 1.89. The summed E-state index contributed by atoms with van der Waals surface area (Å²) in [6.45, 7) is 2.13. The molecular weight excluding hydrogens is 227 g/mol. The molecule has 1 aliphatic rings. The van der Waals surface area contributed by atoms with E-state index in [-0.39, 0.29) is 0 Å². The molecule has 1 N–H and O–H groups in total. The van der Waals surface area contributed by atoms with Crippen LogP contribution in [0.4, 0.5) is 0 Å². The summed E-state index contributed by atoms with van der Waals surface area (Å²) in [5, 5.41) is 2.03. The molecule has 0 aliphatic carbocycles. The number of hydrogen-bond donors (Lipinski definition) is 1. The van der Waals surface area contributed by atoms with Crippen LogP contribution in [-0.2, 0) is 0 Å². The first-order valence-corrected chi connectivity index (χ1v) is 3.92. The van der Waals surface area contributed by atoms with E-state index in [1.165, 1.54) is 0 Å². The summed E-state index contributed by atoms with van der Waals surface area (Å²) in [4.78, 5) is 0. The van der Waals surface area contributed by atoms with E-state index < -0.39 is 0 Å². The van der Waals surface area contributed by atoms with Crippen molar-refractivity contribution in [3.63, 3.8) is 0 Å². The summed E-state index contributed by atoms with van der Waals surface area (Å²) in [5.41, 5.74) is 0. The summed E-state index contributed by atoms with van der Waals surface area (Å²) in [5.74, 6) is 0. The van der Waals surface area contributed by atoms with Crippen molar-refractivity contribution >= 4 is 22.9 Å². The molecule has 0 aromatic rings. The first kappa shape index (κ1) is 7.08. The van der Waals surface area contributed by atoms with Gasteiger partial charge in [0.15, 0.2) is 0 Å². The molecule has 0 spiro atoms. The number of allylic oxidation sites excluding steroid dienone is 2. The number of nitrogens with zero attached hydrogens (tertiary/aromatic N) is 1. The van der Waals surface area contributed by atoms with Gasteiger partial charge in [0, 0.05) is 29.1 Å². The predicted octanol–water partition coefficient (Wildman–Crippen LogP) is 1.61. The number of hydrazine groups is 1. The van der Waals surface area contributed by atoms with Gasteiger partial charge in [0.05, 0.1) is 6.04 Å². The normalized spacial score (nSPS) is 25.1. The second-order valence-electron chi connectivity index (χ2n) is 1.96. The maximum Gasteiger partial charge on any atom is 0.0611 e. The largest absolute Gasteiger partial charge is 0.300 e. The van der Waals surface area contributed by atoms with Gasteiger partial charge in [-0.25, -0.2) is 0 Å². The third-order valence-corrected chi connectivity index (χ3v) is 1.84. The Morgan fingerprint density at radius 2 is 2.33 bits per heavy atom. The number of nitrogens with one attached hydrogen (secondary N) is 1. The van der Waals surface area contributed by atoms with Crippen molar-refractivity contribution in [3.8, 4) is 0 Å². The van der Waals surface area contributed by atoms with Crippen molar-refractivity contribution in [1.82, 2.24) is 8.65 Å². The van der Waals surface area contributed by atoms with Crippen LogP contribution in [0.1, 0.15) is 6.92 Å². The van der Waals surface area contributed by atoms with Crippen LogP contribution in [0, 0.1) is 0 Å². The monoisotopic (exact) mass is 236 g/mol. The van der Waals surface area contributed by atoms with E-state index in [2.05, 4.69) is 45.6 Å². The smallest absolute Gasteiger partial charge is 0.0611 e. The molecule has 50 valence electrons. The van der Waals surface area contributed by atoms with E-state index in [4.69, 9.17) is 0 Å². The van der Waals surface area contributed by atoms with Crippen LogP contribution in [0.25, 0.3) is 0 Å². The zero-order valence-electron chi connectivity index (χ0n) is 5.21. The molecule has 1 unspecified atom stereocenters. The summed E-state index contributed by atoms with van der Waals surface area (Å²) >= 11 is 2.11. The topological polar surface area (TPSA) is 15.3 Å². The van der Waals surface area contributed by atoms with Gasteiger partial charge in [0.1, 0.15) is 0 Å². The number of hydrogen-bond acceptors (Lipinski definition) is 2. The van der Waals surface area contributed by atoms with Crippen molar-refractivity contribution < 1.29 is 0 Å². The maximum atomic E-state index is 3.02. The lowest BCUT2D eigenvalue weighted by Gasteiger charge is -2.24. The molecule has 1 rings (SSSR count). The average molecular weight is 236 g/mol. The fourth-order valence-electron chi connectivity index (χ4n) is 0.701. The van der Waals surface area contributed by atoms with E-state index in [0.29, 0.717) is 6.04 Å². The van der Waals surface area contributed by atoms with Crippen LogP contribution in [-0.4, -0.2) is 11.1 Å². The van der Waals surface area contributed by atoms with Crippen molar-refractivity contribution in [2.24, 2.45) is 0 Å². The van der Waals surface area contributed by atoms with E-state index in [1.807, 2.05) is 17.3 Å². The van der Waals surface area contributed by atoms with Crippen molar-refractivity contribution in [3.05, 3.63) is 24.4 Å². The molecule has 0 fully saturated rings. The fraction of sp³-hybridized carbons (Fsp3) is 0.333. The third kappa shape index (κ3) is 1.69. The molecule has 0 aromatic carbocycles. The summed E-state index contributed by atoms with van der Waals surface area (Å²) in [7, 11) is 0. The van der Waals surface area contributed by atoms with E-state index in [1.54, 1.807) is 0 Å². The van der Waals surface area contributed by atoms with Gasteiger partial charge < -0.3 is 5.01 Å². The van der Waals surface area contributed by atoms with Crippen molar-refractivity contribution in [1.29, 1.82) is 0 Å². The highest BCUT2D eigenvalue weighted by atomic mass is 127. The zero-order chi connectivity index (χ0) is 6.69. The van der Waals surface area contributed by atoms with Gasteiger partial charge in [-0.15, -0.1) is 0 Å².